The normalized spacial score (nSPS) is 19.0. The topological polar surface area (TPSA) is 105 Å². The molecule has 1 saturated carbocycles. The first-order valence-corrected chi connectivity index (χ1v) is 12.1. The molecule has 4 rings (SSSR count). The van der Waals surface area contributed by atoms with E-state index in [1.165, 1.54) is 0 Å². The molecule has 0 bridgehead atoms. The van der Waals surface area contributed by atoms with Gasteiger partial charge in [0.05, 0.1) is 12.3 Å². The summed E-state index contributed by atoms with van der Waals surface area (Å²) in [4.78, 5) is 15.1. The first kappa shape index (κ1) is 22.4. The van der Waals surface area contributed by atoms with Crippen molar-refractivity contribution in [3.05, 3.63) is 41.0 Å². The Kier molecular flexibility index (Phi) is 7.08. The molecule has 10 heteroatoms. The molecular weight excluding hydrogens is 438 g/mol. The van der Waals surface area contributed by atoms with Crippen LogP contribution in [-0.4, -0.2) is 67.9 Å². The lowest BCUT2D eigenvalue weighted by Crippen LogP contribution is -2.59. The van der Waals surface area contributed by atoms with E-state index in [2.05, 4.69) is 20.6 Å². The molecule has 31 heavy (non-hydrogen) atoms. The van der Waals surface area contributed by atoms with Gasteiger partial charge in [0.1, 0.15) is 11.1 Å². The van der Waals surface area contributed by atoms with Crippen molar-refractivity contribution >= 4 is 34.6 Å². The number of urea groups is 1. The number of hydrogen-bond donors (Lipinski definition) is 3. The molecule has 2 aliphatic rings. The lowest BCUT2D eigenvalue weighted by molar-refractivity contribution is 0.0696. The van der Waals surface area contributed by atoms with Crippen LogP contribution in [0.4, 0.5) is 10.6 Å². The van der Waals surface area contributed by atoms with Crippen LogP contribution in [0.2, 0.25) is 5.02 Å². The average molecular weight is 466 g/mol. The molecule has 1 aliphatic heterocycles. The number of aliphatic hydroxyl groups is 1. The van der Waals surface area contributed by atoms with Crippen molar-refractivity contribution in [1.29, 1.82) is 0 Å². The largest absolute Gasteiger partial charge is 0.611 e. The number of aromatic nitrogens is 2. The Balaban J connectivity index is 1.18. The number of carbonyl (C=O) groups excluding carboxylic acids is 1. The summed E-state index contributed by atoms with van der Waals surface area (Å²) < 4.78 is 14.3. The summed E-state index contributed by atoms with van der Waals surface area (Å²) in [5, 5.41) is 20.5. The summed E-state index contributed by atoms with van der Waals surface area (Å²) in [6.07, 6.45) is 2.94. The van der Waals surface area contributed by atoms with E-state index >= 15 is 0 Å². The van der Waals surface area contributed by atoms with Gasteiger partial charge >= 0.3 is 6.03 Å². The van der Waals surface area contributed by atoms with Crippen molar-refractivity contribution in [2.45, 2.75) is 41.4 Å². The van der Waals surface area contributed by atoms with E-state index in [0.717, 1.165) is 23.4 Å². The van der Waals surface area contributed by atoms with Gasteiger partial charge in [0.15, 0.2) is 4.90 Å². The van der Waals surface area contributed by atoms with E-state index in [1.54, 1.807) is 28.9 Å². The number of likely N-dealkylation sites (tertiary alicyclic amines) is 1. The minimum absolute atomic E-state index is 0.00389. The molecule has 2 amide bonds. The molecule has 168 valence electrons. The molecule has 2 heterocycles. The molecule has 1 aromatic carbocycles. The minimum Gasteiger partial charge on any atom is -0.611 e. The highest BCUT2D eigenvalue weighted by Gasteiger charge is 2.40. The van der Waals surface area contributed by atoms with Crippen LogP contribution in [-0.2, 0) is 18.2 Å². The lowest BCUT2D eigenvalue weighted by atomic mass is 10.1. The summed E-state index contributed by atoms with van der Waals surface area (Å²) in [5.41, 5.74) is 1.03. The van der Waals surface area contributed by atoms with Gasteiger partial charge < -0.3 is 15.0 Å². The maximum absolute atomic E-state index is 12.7. The standard InChI is InChI=1S/C21H28ClN5O3S/c1-26-20(10-19(25-26)14-2-3-14)24-21(29)23-9-8-16(13-28)27-11-18(12-27)31(30)17-6-4-15(22)5-7-17/h4-7,10,14,16,18,28H,2-3,8-9,11-13H2,1H3,(H2,23,24,29)/t16-,31?/m0/s1. The van der Waals surface area contributed by atoms with Crippen molar-refractivity contribution in [3.63, 3.8) is 0 Å². The van der Waals surface area contributed by atoms with Crippen molar-refractivity contribution in [2.24, 2.45) is 7.05 Å². The van der Waals surface area contributed by atoms with Crippen LogP contribution in [0.3, 0.4) is 0 Å². The number of nitrogens with one attached hydrogen (secondary N) is 2. The van der Waals surface area contributed by atoms with Crippen molar-refractivity contribution in [2.75, 3.05) is 31.6 Å². The van der Waals surface area contributed by atoms with Crippen LogP contribution in [0.25, 0.3) is 0 Å². The van der Waals surface area contributed by atoms with E-state index in [9.17, 15) is 14.5 Å². The molecule has 8 nitrogen and oxygen atoms in total. The number of amides is 2. The van der Waals surface area contributed by atoms with Gasteiger partial charge in [-0.25, -0.2) is 4.79 Å². The second-order valence-corrected chi connectivity index (χ2v) is 10.4. The number of halogens is 1. The third-order valence-corrected chi connectivity index (χ3v) is 7.74. The molecule has 1 saturated heterocycles. The number of rotatable bonds is 9. The van der Waals surface area contributed by atoms with Crippen LogP contribution < -0.4 is 10.6 Å². The van der Waals surface area contributed by atoms with Gasteiger partial charge in [0.25, 0.3) is 0 Å². The Morgan fingerprint density at radius 2 is 2.06 bits per heavy atom. The molecule has 0 spiro atoms. The first-order chi connectivity index (χ1) is 14.9. The van der Waals surface area contributed by atoms with E-state index < -0.39 is 11.2 Å². The molecule has 1 aliphatic carbocycles. The van der Waals surface area contributed by atoms with Crippen LogP contribution >= 0.6 is 11.6 Å². The Morgan fingerprint density at radius 3 is 2.71 bits per heavy atom. The van der Waals surface area contributed by atoms with Crippen LogP contribution in [0.5, 0.6) is 0 Å². The van der Waals surface area contributed by atoms with Crippen molar-refractivity contribution < 1.29 is 14.5 Å². The van der Waals surface area contributed by atoms with E-state index in [1.807, 2.05) is 13.1 Å². The summed E-state index contributed by atoms with van der Waals surface area (Å²) in [6.45, 7) is 1.75. The van der Waals surface area contributed by atoms with Crippen molar-refractivity contribution in [3.8, 4) is 0 Å². The monoisotopic (exact) mass is 465 g/mol. The fourth-order valence-electron chi connectivity index (χ4n) is 3.75. The molecule has 3 N–H and O–H groups in total. The maximum atomic E-state index is 12.7. The van der Waals surface area contributed by atoms with E-state index in [0.29, 0.717) is 42.8 Å². The second kappa shape index (κ2) is 9.79. The molecule has 2 fully saturated rings. The third kappa shape index (κ3) is 5.53. The van der Waals surface area contributed by atoms with E-state index in [-0.39, 0.29) is 23.9 Å². The predicted molar refractivity (Wildman–Crippen MR) is 121 cm³/mol. The molecule has 0 radical (unpaired) electrons. The fourth-order valence-corrected chi connectivity index (χ4v) is 5.32. The zero-order chi connectivity index (χ0) is 22.0. The lowest BCUT2D eigenvalue weighted by Gasteiger charge is -2.43. The Bertz CT molecular complexity index is 899. The highest BCUT2D eigenvalue weighted by molar-refractivity contribution is 7.92. The predicted octanol–water partition coefficient (Wildman–Crippen LogP) is 2.32. The van der Waals surface area contributed by atoms with Crippen LogP contribution in [0.1, 0.15) is 30.9 Å². The molecule has 2 aromatic rings. The van der Waals surface area contributed by atoms with Gasteiger partial charge in [-0.3, -0.25) is 14.9 Å². The third-order valence-electron chi connectivity index (χ3n) is 5.85. The number of aliphatic hydroxyl groups excluding tert-OH is 1. The quantitative estimate of drug-likeness (QED) is 0.493. The number of carbonyl (C=O) groups is 1. The summed E-state index contributed by atoms with van der Waals surface area (Å²) in [5.74, 6) is 1.21. The number of nitrogens with zero attached hydrogens (tertiary/aromatic N) is 3. The zero-order valence-corrected chi connectivity index (χ0v) is 19.0. The fraction of sp³-hybridized carbons (Fsp3) is 0.524. The summed E-state index contributed by atoms with van der Waals surface area (Å²) >= 11 is 4.80. The van der Waals surface area contributed by atoms with Crippen LogP contribution in [0.15, 0.2) is 35.2 Å². The molecule has 1 unspecified atom stereocenters. The number of hydrogen-bond acceptors (Lipinski definition) is 5. The Labute approximate surface area is 190 Å². The molecular formula is C21H28ClN5O3S. The van der Waals surface area contributed by atoms with Gasteiger partial charge in [-0.1, -0.05) is 11.6 Å². The van der Waals surface area contributed by atoms with E-state index in [4.69, 9.17) is 11.6 Å². The first-order valence-electron chi connectivity index (χ1n) is 10.5. The number of anilines is 1. The van der Waals surface area contributed by atoms with Gasteiger partial charge in [0, 0.05) is 49.7 Å². The highest BCUT2D eigenvalue weighted by Crippen LogP contribution is 2.39. The molecule has 2 atom stereocenters. The van der Waals surface area contributed by atoms with Gasteiger partial charge in [-0.15, -0.1) is 0 Å². The van der Waals surface area contributed by atoms with Gasteiger partial charge in [-0.05, 0) is 54.7 Å². The molecule has 1 aromatic heterocycles. The Hall–Kier alpha value is -1.78. The van der Waals surface area contributed by atoms with Gasteiger partial charge in [-0.2, -0.15) is 5.10 Å². The SMILES string of the molecule is Cn1nc(C2CC2)cc1NC(=O)NCC[C@@H](CO)N1CC([S+]([O-])c2ccc(Cl)cc2)C1. The summed E-state index contributed by atoms with van der Waals surface area (Å²) in [7, 11) is 1.82. The minimum atomic E-state index is -1.09. The van der Waals surface area contributed by atoms with Gasteiger partial charge in [0.2, 0.25) is 0 Å². The zero-order valence-electron chi connectivity index (χ0n) is 17.5. The second-order valence-electron chi connectivity index (χ2n) is 8.19. The van der Waals surface area contributed by atoms with Crippen molar-refractivity contribution in [1.82, 2.24) is 20.0 Å². The summed E-state index contributed by atoms with van der Waals surface area (Å²) in [6, 6.07) is 8.65. The smallest absolute Gasteiger partial charge is 0.320 e. The average Bonchev–Trinajstić information content (AvgIpc) is 3.50. The van der Waals surface area contributed by atoms with Crippen LogP contribution in [0, 0.1) is 0 Å². The number of aryl methyl sites for hydroxylation is 1. The highest BCUT2D eigenvalue weighted by atomic mass is 35.5. The Morgan fingerprint density at radius 1 is 1.35 bits per heavy atom. The number of benzene rings is 1. The maximum Gasteiger partial charge on any atom is 0.320 e.